The van der Waals surface area contributed by atoms with Crippen molar-refractivity contribution in [1.82, 2.24) is 15.5 Å². The fraction of sp³-hybridized carbons (Fsp3) is 0.400. The minimum atomic E-state index is 0. The first-order valence-corrected chi connectivity index (χ1v) is 5.75. The molecule has 1 N–H and O–H groups in total. The van der Waals surface area contributed by atoms with E-state index in [0.29, 0.717) is 11.7 Å². The second-order valence-electron chi connectivity index (χ2n) is 3.24. The van der Waals surface area contributed by atoms with Gasteiger partial charge in [0.15, 0.2) is 5.82 Å². The van der Waals surface area contributed by atoms with Gasteiger partial charge in [0.05, 0.1) is 0 Å². The van der Waals surface area contributed by atoms with E-state index < -0.39 is 0 Å². The fourth-order valence-electron chi connectivity index (χ4n) is 1.26. The third kappa shape index (κ3) is 3.92. The average molecular weight is 260 g/mol. The number of nitrogens with one attached hydrogen (secondary N) is 1. The molecular formula is C10H14ClN3OS. The van der Waals surface area contributed by atoms with Crippen LogP contribution in [0.15, 0.2) is 22.0 Å². The molecular weight excluding hydrogens is 246 g/mol. The lowest BCUT2D eigenvalue weighted by Crippen LogP contribution is -2.16. The van der Waals surface area contributed by atoms with Gasteiger partial charge >= 0.3 is 0 Å². The van der Waals surface area contributed by atoms with Gasteiger partial charge < -0.3 is 9.84 Å². The highest BCUT2D eigenvalue weighted by molar-refractivity contribution is 7.09. The van der Waals surface area contributed by atoms with Crippen LogP contribution in [-0.4, -0.2) is 16.7 Å². The third-order valence-corrected chi connectivity index (χ3v) is 2.84. The lowest BCUT2D eigenvalue weighted by molar-refractivity contribution is 0.372. The molecule has 0 fully saturated rings. The van der Waals surface area contributed by atoms with Gasteiger partial charge in [-0.3, -0.25) is 0 Å². The number of aromatic nitrogens is 2. The van der Waals surface area contributed by atoms with Crippen molar-refractivity contribution in [2.24, 2.45) is 0 Å². The molecule has 2 rings (SSSR count). The van der Waals surface area contributed by atoms with Crippen LogP contribution < -0.4 is 5.32 Å². The molecule has 0 unspecified atom stereocenters. The molecule has 0 saturated carbocycles. The van der Waals surface area contributed by atoms with E-state index in [2.05, 4.69) is 33.0 Å². The van der Waals surface area contributed by atoms with Crippen molar-refractivity contribution in [1.29, 1.82) is 0 Å². The molecule has 2 aromatic rings. The van der Waals surface area contributed by atoms with Gasteiger partial charge in [-0.15, -0.1) is 23.7 Å². The van der Waals surface area contributed by atoms with Crippen molar-refractivity contribution in [2.75, 3.05) is 6.54 Å². The summed E-state index contributed by atoms with van der Waals surface area (Å²) in [5.74, 6) is 1.40. The van der Waals surface area contributed by atoms with E-state index in [9.17, 15) is 0 Å². The maximum atomic E-state index is 5.00. The van der Waals surface area contributed by atoms with Crippen LogP contribution in [0.4, 0.5) is 0 Å². The Morgan fingerprint density at radius 1 is 1.50 bits per heavy atom. The molecule has 0 aliphatic rings. The minimum absolute atomic E-state index is 0. The highest BCUT2D eigenvalue weighted by Gasteiger charge is 2.01. The van der Waals surface area contributed by atoms with Gasteiger partial charge in [-0.1, -0.05) is 11.2 Å². The second kappa shape index (κ2) is 6.62. The number of aryl methyl sites for hydroxylation is 1. The summed E-state index contributed by atoms with van der Waals surface area (Å²) >= 11 is 1.76. The lowest BCUT2D eigenvalue weighted by Gasteiger charge is -1.99. The van der Waals surface area contributed by atoms with E-state index in [1.807, 2.05) is 6.92 Å². The number of rotatable bonds is 5. The van der Waals surface area contributed by atoms with Gasteiger partial charge in [-0.05, 0) is 18.4 Å². The van der Waals surface area contributed by atoms with E-state index >= 15 is 0 Å². The molecule has 0 amide bonds. The first kappa shape index (κ1) is 13.2. The van der Waals surface area contributed by atoms with Crippen LogP contribution in [0.1, 0.15) is 16.6 Å². The number of hydrogen-bond donors (Lipinski definition) is 1. The van der Waals surface area contributed by atoms with Gasteiger partial charge in [-0.2, -0.15) is 4.98 Å². The van der Waals surface area contributed by atoms with Crippen molar-refractivity contribution < 1.29 is 4.52 Å². The Morgan fingerprint density at radius 3 is 3.00 bits per heavy atom. The molecule has 6 heteroatoms. The summed E-state index contributed by atoms with van der Waals surface area (Å²) < 4.78 is 5.00. The van der Waals surface area contributed by atoms with E-state index in [0.717, 1.165) is 19.5 Å². The SMILES string of the molecule is Cc1noc(CCNCc2cccs2)n1.Cl. The molecule has 0 saturated heterocycles. The van der Waals surface area contributed by atoms with Gasteiger partial charge in [0.1, 0.15) is 0 Å². The van der Waals surface area contributed by atoms with E-state index in [-0.39, 0.29) is 12.4 Å². The molecule has 0 aliphatic heterocycles. The van der Waals surface area contributed by atoms with Gasteiger partial charge in [0.25, 0.3) is 0 Å². The van der Waals surface area contributed by atoms with Crippen LogP contribution in [0.2, 0.25) is 0 Å². The number of thiophene rings is 1. The first-order chi connectivity index (χ1) is 7.34. The molecule has 16 heavy (non-hydrogen) atoms. The molecule has 0 aromatic carbocycles. The Hall–Kier alpha value is -0.910. The van der Waals surface area contributed by atoms with Crippen molar-refractivity contribution in [3.63, 3.8) is 0 Å². The van der Waals surface area contributed by atoms with Crippen LogP contribution in [-0.2, 0) is 13.0 Å². The number of hydrogen-bond acceptors (Lipinski definition) is 5. The topological polar surface area (TPSA) is 51.0 Å². The summed E-state index contributed by atoms with van der Waals surface area (Å²) in [6.45, 7) is 3.59. The zero-order valence-corrected chi connectivity index (χ0v) is 10.6. The summed E-state index contributed by atoms with van der Waals surface area (Å²) in [7, 11) is 0. The molecule has 0 radical (unpaired) electrons. The van der Waals surface area contributed by atoms with E-state index in [1.165, 1.54) is 4.88 Å². The third-order valence-electron chi connectivity index (χ3n) is 1.96. The Labute approximate surface area is 104 Å². The molecule has 2 heterocycles. The Kier molecular flexibility index (Phi) is 5.45. The highest BCUT2D eigenvalue weighted by atomic mass is 35.5. The van der Waals surface area contributed by atoms with Crippen molar-refractivity contribution in [3.8, 4) is 0 Å². The smallest absolute Gasteiger partial charge is 0.227 e. The number of nitrogens with zero attached hydrogens (tertiary/aromatic N) is 2. The second-order valence-corrected chi connectivity index (χ2v) is 4.27. The summed E-state index contributed by atoms with van der Waals surface area (Å²) in [6.07, 6.45) is 0.784. The highest BCUT2D eigenvalue weighted by Crippen LogP contribution is 2.07. The quantitative estimate of drug-likeness (QED) is 0.837. The zero-order chi connectivity index (χ0) is 10.5. The maximum Gasteiger partial charge on any atom is 0.227 e. The average Bonchev–Trinajstić information content (AvgIpc) is 2.84. The molecule has 2 aromatic heterocycles. The molecule has 0 bridgehead atoms. The van der Waals surface area contributed by atoms with Gasteiger partial charge in [-0.25, -0.2) is 0 Å². The van der Waals surface area contributed by atoms with Crippen LogP contribution >= 0.6 is 23.7 Å². The Balaban J connectivity index is 0.00000128. The summed E-state index contributed by atoms with van der Waals surface area (Å²) in [4.78, 5) is 5.47. The first-order valence-electron chi connectivity index (χ1n) is 4.87. The monoisotopic (exact) mass is 259 g/mol. The Morgan fingerprint density at radius 2 is 2.38 bits per heavy atom. The predicted molar refractivity (Wildman–Crippen MR) is 66.0 cm³/mol. The zero-order valence-electron chi connectivity index (χ0n) is 8.97. The molecule has 88 valence electrons. The fourth-order valence-corrected chi connectivity index (χ4v) is 1.94. The molecule has 0 aliphatic carbocycles. The number of halogens is 1. The summed E-state index contributed by atoms with van der Waals surface area (Å²) in [6, 6.07) is 4.18. The van der Waals surface area contributed by atoms with Crippen molar-refractivity contribution >= 4 is 23.7 Å². The summed E-state index contributed by atoms with van der Waals surface area (Å²) in [5, 5.41) is 9.14. The van der Waals surface area contributed by atoms with Crippen LogP contribution in [0, 0.1) is 6.92 Å². The van der Waals surface area contributed by atoms with Crippen LogP contribution in [0.3, 0.4) is 0 Å². The Bertz CT molecular complexity index is 402. The van der Waals surface area contributed by atoms with Crippen molar-refractivity contribution in [3.05, 3.63) is 34.1 Å². The largest absolute Gasteiger partial charge is 0.339 e. The van der Waals surface area contributed by atoms with E-state index in [1.54, 1.807) is 11.3 Å². The normalized spacial score (nSPS) is 10.1. The summed E-state index contributed by atoms with van der Waals surface area (Å²) in [5.41, 5.74) is 0. The van der Waals surface area contributed by atoms with Crippen molar-refractivity contribution in [2.45, 2.75) is 19.9 Å². The van der Waals surface area contributed by atoms with Gasteiger partial charge in [0, 0.05) is 24.4 Å². The lowest BCUT2D eigenvalue weighted by atomic mass is 10.4. The van der Waals surface area contributed by atoms with E-state index in [4.69, 9.17) is 4.52 Å². The minimum Gasteiger partial charge on any atom is -0.339 e. The maximum absolute atomic E-state index is 5.00. The van der Waals surface area contributed by atoms with Gasteiger partial charge in [0.2, 0.25) is 5.89 Å². The van der Waals surface area contributed by atoms with Crippen LogP contribution in [0.25, 0.3) is 0 Å². The molecule has 4 nitrogen and oxygen atoms in total. The van der Waals surface area contributed by atoms with Crippen LogP contribution in [0.5, 0.6) is 0 Å². The molecule has 0 spiro atoms. The standard InChI is InChI=1S/C10H13N3OS.ClH/c1-8-12-10(14-13-8)4-5-11-7-9-3-2-6-15-9;/h2-3,6,11H,4-5,7H2,1H3;1H. The predicted octanol–water partition coefficient (Wildman–Crippen LogP) is 2.19. The molecule has 0 atom stereocenters.